The molecule has 1 atom stereocenters. The molecular formula is C20H23ClFNO4. The van der Waals surface area contributed by atoms with Crippen molar-refractivity contribution >= 4 is 23.5 Å². The van der Waals surface area contributed by atoms with E-state index in [4.69, 9.17) is 21.1 Å². The first-order valence-corrected chi connectivity index (χ1v) is 8.79. The summed E-state index contributed by atoms with van der Waals surface area (Å²) in [5, 5.41) is 2.98. The topological polar surface area (TPSA) is 64.6 Å². The van der Waals surface area contributed by atoms with Gasteiger partial charge in [0, 0.05) is 11.4 Å². The predicted molar refractivity (Wildman–Crippen MR) is 101 cm³/mol. The molecule has 0 bridgehead atoms. The zero-order valence-electron chi connectivity index (χ0n) is 16.2. The average molecular weight is 396 g/mol. The summed E-state index contributed by atoms with van der Waals surface area (Å²) in [5.41, 5.74) is 1.14. The minimum atomic E-state index is -0.847. The van der Waals surface area contributed by atoms with E-state index < -0.39 is 29.3 Å². The van der Waals surface area contributed by atoms with Crippen LogP contribution in [0.1, 0.15) is 46.1 Å². The highest BCUT2D eigenvalue weighted by Crippen LogP contribution is 2.40. The van der Waals surface area contributed by atoms with Crippen LogP contribution in [0.4, 0.5) is 4.39 Å². The zero-order chi connectivity index (χ0) is 20.5. The number of dihydropyridines is 1. The number of carbonyl (C=O) groups excluding carboxylic acids is 2. The van der Waals surface area contributed by atoms with Crippen LogP contribution < -0.4 is 5.32 Å². The molecule has 1 unspecified atom stereocenters. The summed E-state index contributed by atoms with van der Waals surface area (Å²) in [7, 11) is 1.25. The number of esters is 2. The van der Waals surface area contributed by atoms with Crippen LogP contribution in [0.25, 0.3) is 0 Å². The second kappa shape index (κ2) is 7.72. The fourth-order valence-electron chi connectivity index (χ4n) is 3.00. The van der Waals surface area contributed by atoms with Gasteiger partial charge < -0.3 is 14.8 Å². The molecule has 1 N–H and O–H groups in total. The molecule has 1 aromatic carbocycles. The zero-order valence-corrected chi connectivity index (χ0v) is 17.0. The maximum absolute atomic E-state index is 14.1. The number of halogens is 2. The fraction of sp³-hybridized carbons (Fsp3) is 0.400. The number of benzene rings is 1. The molecule has 0 aliphatic carbocycles. The quantitative estimate of drug-likeness (QED) is 0.776. The van der Waals surface area contributed by atoms with Crippen LogP contribution in [-0.4, -0.2) is 24.6 Å². The first-order valence-electron chi connectivity index (χ1n) is 8.41. The maximum atomic E-state index is 14.1. The molecule has 0 amide bonds. The van der Waals surface area contributed by atoms with Crippen LogP contribution in [0.15, 0.2) is 40.7 Å². The Hall–Kier alpha value is -2.34. The lowest BCUT2D eigenvalue weighted by Gasteiger charge is -2.32. The lowest BCUT2D eigenvalue weighted by atomic mass is 9.80. The highest BCUT2D eigenvalue weighted by Gasteiger charge is 2.39. The van der Waals surface area contributed by atoms with Crippen molar-refractivity contribution in [3.8, 4) is 0 Å². The molecular weight excluding hydrogens is 373 g/mol. The van der Waals surface area contributed by atoms with Crippen molar-refractivity contribution in [3.63, 3.8) is 0 Å². The monoisotopic (exact) mass is 395 g/mol. The van der Waals surface area contributed by atoms with E-state index in [1.165, 1.54) is 19.2 Å². The van der Waals surface area contributed by atoms with Gasteiger partial charge in [0.15, 0.2) is 0 Å². The number of rotatable bonds is 3. The van der Waals surface area contributed by atoms with Gasteiger partial charge >= 0.3 is 11.9 Å². The van der Waals surface area contributed by atoms with Crippen molar-refractivity contribution in [1.29, 1.82) is 0 Å². The average Bonchev–Trinajstić information content (AvgIpc) is 2.54. The van der Waals surface area contributed by atoms with Crippen LogP contribution >= 0.6 is 11.6 Å². The van der Waals surface area contributed by atoms with E-state index in [0.29, 0.717) is 17.0 Å². The van der Waals surface area contributed by atoms with Crippen molar-refractivity contribution in [2.45, 2.75) is 46.1 Å². The molecule has 1 aliphatic rings. The van der Waals surface area contributed by atoms with Crippen LogP contribution in [0.3, 0.4) is 0 Å². The Morgan fingerprint density at radius 3 is 2.15 bits per heavy atom. The summed E-state index contributed by atoms with van der Waals surface area (Å²) in [6.45, 7) is 8.64. The van der Waals surface area contributed by atoms with Crippen LogP contribution in [-0.2, 0) is 19.1 Å². The number of nitrogens with one attached hydrogen (secondary N) is 1. The first-order chi connectivity index (χ1) is 12.5. The second-order valence-electron chi connectivity index (χ2n) is 7.30. The third kappa shape index (κ3) is 4.50. The normalized spacial score (nSPS) is 17.6. The molecule has 0 fully saturated rings. The SMILES string of the molecule is COC(=O)C1=C(C)NC(C)=C(C(=O)OC(C)(C)C)C1c1ccc(Cl)c(F)c1. The summed E-state index contributed by atoms with van der Waals surface area (Å²) < 4.78 is 24.5. The van der Waals surface area contributed by atoms with Crippen molar-refractivity contribution in [1.82, 2.24) is 5.32 Å². The van der Waals surface area contributed by atoms with E-state index in [2.05, 4.69) is 5.32 Å². The molecule has 0 aromatic heterocycles. The largest absolute Gasteiger partial charge is 0.466 e. The van der Waals surface area contributed by atoms with E-state index >= 15 is 0 Å². The number of ether oxygens (including phenoxy) is 2. The Balaban J connectivity index is 2.68. The molecule has 0 saturated heterocycles. The fourth-order valence-corrected chi connectivity index (χ4v) is 3.12. The number of carbonyl (C=O) groups is 2. The highest BCUT2D eigenvalue weighted by molar-refractivity contribution is 6.30. The minimum absolute atomic E-state index is 0.0486. The van der Waals surface area contributed by atoms with Crippen molar-refractivity contribution in [2.24, 2.45) is 0 Å². The predicted octanol–water partition coefficient (Wildman–Crippen LogP) is 4.23. The minimum Gasteiger partial charge on any atom is -0.466 e. The van der Waals surface area contributed by atoms with Gasteiger partial charge in [0.2, 0.25) is 0 Å². The molecule has 7 heteroatoms. The molecule has 27 heavy (non-hydrogen) atoms. The second-order valence-corrected chi connectivity index (χ2v) is 7.71. The third-order valence-electron chi connectivity index (χ3n) is 4.06. The maximum Gasteiger partial charge on any atom is 0.337 e. The summed E-state index contributed by atoms with van der Waals surface area (Å²) in [4.78, 5) is 25.4. The standard InChI is InChI=1S/C20H23ClFNO4/c1-10-15(18(24)26-6)17(12-7-8-13(21)14(22)9-12)16(11(2)23-10)19(25)27-20(3,4)5/h7-9,17,23H,1-6H3. The lowest BCUT2D eigenvalue weighted by Crippen LogP contribution is -2.34. The number of methoxy groups -OCH3 is 1. The summed E-state index contributed by atoms with van der Waals surface area (Å²) in [6, 6.07) is 4.18. The van der Waals surface area contributed by atoms with Gasteiger partial charge in [-0.25, -0.2) is 14.0 Å². The molecule has 146 valence electrons. The Kier molecular flexibility index (Phi) is 6.00. The number of allylic oxidation sites excluding steroid dienone is 2. The van der Waals surface area contributed by atoms with Gasteiger partial charge in [0.1, 0.15) is 11.4 Å². The smallest absolute Gasteiger partial charge is 0.337 e. The lowest BCUT2D eigenvalue weighted by molar-refractivity contribution is -0.150. The molecule has 5 nitrogen and oxygen atoms in total. The van der Waals surface area contributed by atoms with Crippen LogP contribution in [0, 0.1) is 5.82 Å². The molecule has 2 rings (SSSR count). The Labute approximate surface area is 163 Å². The van der Waals surface area contributed by atoms with Gasteiger partial charge in [-0.2, -0.15) is 0 Å². The molecule has 0 spiro atoms. The van der Waals surface area contributed by atoms with Gasteiger partial charge in [0.25, 0.3) is 0 Å². The van der Waals surface area contributed by atoms with E-state index in [-0.39, 0.29) is 16.2 Å². The summed E-state index contributed by atoms with van der Waals surface area (Å²) in [5.74, 6) is -2.70. The van der Waals surface area contributed by atoms with Crippen molar-refractivity contribution in [3.05, 3.63) is 57.1 Å². The van der Waals surface area contributed by atoms with Crippen molar-refractivity contribution in [2.75, 3.05) is 7.11 Å². The van der Waals surface area contributed by atoms with E-state index in [1.807, 2.05) is 0 Å². The molecule has 0 radical (unpaired) electrons. The molecule has 1 aromatic rings. The van der Waals surface area contributed by atoms with Gasteiger partial charge in [-0.1, -0.05) is 17.7 Å². The van der Waals surface area contributed by atoms with E-state index in [9.17, 15) is 14.0 Å². The Morgan fingerprint density at radius 1 is 1.11 bits per heavy atom. The first kappa shape index (κ1) is 21.0. The van der Waals surface area contributed by atoms with Crippen LogP contribution in [0.2, 0.25) is 5.02 Å². The van der Waals surface area contributed by atoms with Gasteiger partial charge in [-0.15, -0.1) is 0 Å². The van der Waals surface area contributed by atoms with Crippen LogP contribution in [0.5, 0.6) is 0 Å². The molecule has 1 heterocycles. The Bertz CT molecular complexity index is 852. The number of hydrogen-bond acceptors (Lipinski definition) is 5. The number of hydrogen-bond donors (Lipinski definition) is 1. The van der Waals surface area contributed by atoms with Gasteiger partial charge in [0.05, 0.1) is 29.2 Å². The van der Waals surface area contributed by atoms with Gasteiger partial charge in [-0.05, 0) is 52.3 Å². The molecule has 0 saturated carbocycles. The third-order valence-corrected chi connectivity index (χ3v) is 4.37. The van der Waals surface area contributed by atoms with Gasteiger partial charge in [-0.3, -0.25) is 0 Å². The van der Waals surface area contributed by atoms with E-state index in [1.54, 1.807) is 40.7 Å². The Morgan fingerprint density at radius 2 is 1.67 bits per heavy atom. The summed E-state index contributed by atoms with van der Waals surface area (Å²) in [6.07, 6.45) is 0. The highest BCUT2D eigenvalue weighted by atomic mass is 35.5. The van der Waals surface area contributed by atoms with Crippen molar-refractivity contribution < 1.29 is 23.5 Å². The van der Waals surface area contributed by atoms with E-state index in [0.717, 1.165) is 0 Å². The summed E-state index contributed by atoms with van der Waals surface area (Å²) >= 11 is 5.79. The molecule has 1 aliphatic heterocycles.